The molecule has 168 valence electrons. The molecular weight excluding hydrogens is 450 g/mol. The summed E-state index contributed by atoms with van der Waals surface area (Å²) in [7, 11) is 4.61. The molecule has 2 aromatic carbocycles. The summed E-state index contributed by atoms with van der Waals surface area (Å²) in [5, 5.41) is 0. The number of unbranched alkanes of at least 4 members (excludes halogenated alkanes) is 8. The van der Waals surface area contributed by atoms with E-state index in [0.29, 0.717) is 0 Å². The molecule has 1 unspecified atom stereocenters. The fourth-order valence-corrected chi connectivity index (χ4v) is 3.45. The van der Waals surface area contributed by atoms with Crippen molar-refractivity contribution >= 4 is 0 Å². The normalized spacial score (nSPS) is 11.1. The summed E-state index contributed by atoms with van der Waals surface area (Å²) in [5.74, 6) is 0. The summed E-state index contributed by atoms with van der Waals surface area (Å²) in [4.78, 5) is 1.61. The van der Waals surface area contributed by atoms with E-state index < -0.39 is 0 Å². The summed E-state index contributed by atoms with van der Waals surface area (Å²) in [5.41, 5.74) is 1.51. The Hall–Kier alpha value is -0.341. The van der Waals surface area contributed by atoms with Gasteiger partial charge in [0.25, 0.3) is 0 Å². The number of rotatable bonds is 13. The van der Waals surface area contributed by atoms with Crippen LogP contribution >= 0.6 is 0 Å². The molecule has 0 aromatic heterocycles. The van der Waals surface area contributed by atoms with Crippen LogP contribution in [0.4, 0.5) is 0 Å². The van der Waals surface area contributed by atoms with E-state index in [1.54, 1.807) is 4.90 Å². The largest absolute Gasteiger partial charge is 1.00 e. The van der Waals surface area contributed by atoms with Gasteiger partial charge in [-0.05, 0) is 19.3 Å². The molecule has 2 aromatic rings. The molecule has 28 heavy (non-hydrogen) atoms. The van der Waals surface area contributed by atoms with Gasteiger partial charge in [0.1, 0.15) is 0 Å². The minimum absolute atomic E-state index is 0. The fourth-order valence-electron chi connectivity index (χ4n) is 3.45. The number of quaternary nitrogens is 1. The number of nitrogens with one attached hydrogen (secondary N) is 1. The Kier molecular flexibility index (Phi) is 22.8. The Balaban J connectivity index is 0. The van der Waals surface area contributed by atoms with Gasteiger partial charge in [0.05, 0.1) is 20.1 Å². The van der Waals surface area contributed by atoms with Gasteiger partial charge in [-0.3, -0.25) is 0 Å². The predicted molar refractivity (Wildman–Crippen MR) is 116 cm³/mol. The fraction of sp³-hybridized carbons (Fsp3) is 0.600. The Morgan fingerprint density at radius 1 is 0.750 bits per heavy atom. The van der Waals surface area contributed by atoms with Gasteiger partial charge in [0.15, 0.2) is 0 Å². The molecular formula is C25H42BrFeN-6. The van der Waals surface area contributed by atoms with E-state index in [1.165, 1.54) is 76.2 Å². The van der Waals surface area contributed by atoms with E-state index in [9.17, 15) is 0 Å². The maximum absolute atomic E-state index is 2.31. The summed E-state index contributed by atoms with van der Waals surface area (Å²) < 4.78 is 0. The predicted octanol–water partition coefficient (Wildman–Crippen LogP) is 2.79. The molecule has 1 nitrogen and oxygen atoms in total. The summed E-state index contributed by atoms with van der Waals surface area (Å²) in [6.07, 6.45) is 15.5. The van der Waals surface area contributed by atoms with E-state index in [4.69, 9.17) is 0 Å². The van der Waals surface area contributed by atoms with Crippen LogP contribution in [0.15, 0.2) is 54.6 Å². The first-order valence-corrected chi connectivity index (χ1v) is 10.9. The number of halogens is 1. The minimum Gasteiger partial charge on any atom is -1.00 e. The Labute approximate surface area is 196 Å². The second kappa shape index (κ2) is 21.4. The minimum atomic E-state index is 0. The third-order valence-corrected chi connectivity index (χ3v) is 5.24. The average molecular weight is 492 g/mol. The second-order valence-corrected chi connectivity index (χ2v) is 7.85. The van der Waals surface area contributed by atoms with Gasteiger partial charge in [-0.25, -0.2) is 12.1 Å². The SMILES string of the molecule is CCCCCCCCCCCC(C[c-]1cccc1)[NH+](C)C.[Br-].[Fe].[cH-]1[cH-][cH-][cH-][cH-]1. The molecule has 1 atom stereocenters. The van der Waals surface area contributed by atoms with Crippen molar-refractivity contribution in [1.29, 1.82) is 0 Å². The molecule has 0 aliphatic rings. The average Bonchev–Trinajstić information content (AvgIpc) is 3.35. The molecule has 0 radical (unpaired) electrons. The Morgan fingerprint density at radius 3 is 1.61 bits per heavy atom. The van der Waals surface area contributed by atoms with Crippen molar-refractivity contribution in [2.75, 3.05) is 14.1 Å². The van der Waals surface area contributed by atoms with Gasteiger partial charge in [-0.15, -0.1) is 0 Å². The summed E-state index contributed by atoms with van der Waals surface area (Å²) in [6.45, 7) is 2.29. The van der Waals surface area contributed by atoms with Gasteiger partial charge in [-0.1, -0.05) is 58.3 Å². The Morgan fingerprint density at radius 2 is 1.18 bits per heavy atom. The van der Waals surface area contributed by atoms with Crippen molar-refractivity contribution in [3.05, 3.63) is 60.2 Å². The standard InChI is InChI=1S/C20H36N.C5H5.BrH.Fe/c1-4-5-6-7-8-9-10-11-12-17-20(21(2)3)18-19-15-13-14-16-19;1-2-4-5-3-1;;/h13-16,20H,4-12,17-18H2,1-3H3;1-5H;1H;/q-1;-5;;. The van der Waals surface area contributed by atoms with Crippen molar-refractivity contribution in [3.63, 3.8) is 0 Å². The molecule has 3 heteroatoms. The third-order valence-electron chi connectivity index (χ3n) is 5.24. The third kappa shape index (κ3) is 16.6. The van der Waals surface area contributed by atoms with Gasteiger partial charge in [0, 0.05) is 17.1 Å². The van der Waals surface area contributed by atoms with Crippen LogP contribution in [-0.2, 0) is 23.5 Å². The van der Waals surface area contributed by atoms with Gasteiger partial charge < -0.3 is 52.2 Å². The van der Waals surface area contributed by atoms with Crippen LogP contribution in [0.25, 0.3) is 0 Å². The number of likely N-dealkylation sites (N-methyl/N-ethyl adjacent to an activating group) is 1. The molecule has 2 rings (SSSR count). The number of hydrogen-bond donors (Lipinski definition) is 1. The van der Waals surface area contributed by atoms with E-state index in [1.807, 2.05) is 30.3 Å². The first-order chi connectivity index (χ1) is 12.7. The molecule has 1 N–H and O–H groups in total. The molecule has 0 aliphatic heterocycles. The zero-order valence-corrected chi connectivity index (χ0v) is 21.0. The maximum Gasteiger partial charge on any atom is 0.0805 e. The second-order valence-electron chi connectivity index (χ2n) is 7.85. The van der Waals surface area contributed by atoms with Crippen molar-refractivity contribution in [1.82, 2.24) is 0 Å². The van der Waals surface area contributed by atoms with Crippen LogP contribution in [-0.4, -0.2) is 20.1 Å². The Bertz CT molecular complexity index is 461. The van der Waals surface area contributed by atoms with Crippen LogP contribution in [0.3, 0.4) is 0 Å². The summed E-state index contributed by atoms with van der Waals surface area (Å²) in [6, 6.07) is 19.7. The van der Waals surface area contributed by atoms with Gasteiger partial charge in [-0.2, -0.15) is 17.7 Å². The quantitative estimate of drug-likeness (QED) is 0.249. The van der Waals surface area contributed by atoms with E-state index in [-0.39, 0.29) is 34.1 Å². The topological polar surface area (TPSA) is 4.44 Å². The molecule has 0 aliphatic carbocycles. The van der Waals surface area contributed by atoms with Gasteiger partial charge >= 0.3 is 0 Å². The maximum atomic E-state index is 2.31. The van der Waals surface area contributed by atoms with Crippen molar-refractivity contribution in [2.24, 2.45) is 0 Å². The molecule has 0 spiro atoms. The van der Waals surface area contributed by atoms with Crippen LogP contribution in [0, 0.1) is 0 Å². The van der Waals surface area contributed by atoms with Crippen molar-refractivity contribution in [3.8, 4) is 0 Å². The zero-order chi connectivity index (χ0) is 18.9. The van der Waals surface area contributed by atoms with Gasteiger partial charge in [0.2, 0.25) is 0 Å². The van der Waals surface area contributed by atoms with Crippen molar-refractivity contribution < 1.29 is 39.0 Å². The monoisotopic (exact) mass is 491 g/mol. The molecule has 0 bridgehead atoms. The molecule has 0 heterocycles. The van der Waals surface area contributed by atoms with E-state index >= 15 is 0 Å². The molecule has 0 amide bonds. The van der Waals surface area contributed by atoms with Crippen molar-refractivity contribution in [2.45, 2.75) is 83.6 Å². The molecule has 0 saturated carbocycles. The number of hydrogen-bond acceptors (Lipinski definition) is 0. The van der Waals surface area contributed by atoms with Crippen LogP contribution in [0.2, 0.25) is 0 Å². The first kappa shape index (κ1) is 29.9. The molecule has 0 saturated heterocycles. The van der Waals surface area contributed by atoms with Crippen LogP contribution in [0.1, 0.15) is 76.7 Å². The zero-order valence-electron chi connectivity index (χ0n) is 18.3. The molecule has 0 fully saturated rings. The van der Waals surface area contributed by atoms with E-state index in [2.05, 4.69) is 45.3 Å². The van der Waals surface area contributed by atoms with Crippen LogP contribution < -0.4 is 21.9 Å². The van der Waals surface area contributed by atoms with Crippen LogP contribution in [0.5, 0.6) is 0 Å². The smallest absolute Gasteiger partial charge is 0.0805 e. The van der Waals surface area contributed by atoms with E-state index in [0.717, 1.165) is 6.04 Å². The first-order valence-electron chi connectivity index (χ1n) is 10.9. The summed E-state index contributed by atoms with van der Waals surface area (Å²) >= 11 is 0.